The molecule has 0 atom stereocenters. The number of nitrogens with zero attached hydrogens (tertiary/aromatic N) is 2. The maximum atomic E-state index is 4.49. The lowest BCUT2D eigenvalue weighted by molar-refractivity contribution is 0.344. The third-order valence-corrected chi connectivity index (χ3v) is 3.20. The van der Waals surface area contributed by atoms with Gasteiger partial charge in [-0.3, -0.25) is 4.31 Å². The molecule has 0 fully saturated rings. The van der Waals surface area contributed by atoms with E-state index in [2.05, 4.69) is 79.7 Å². The third kappa shape index (κ3) is 10.9. The standard InChI is InChI=1S/C14H25N5S.C3H8.CH4/c1-4-7-14(16-9-8-15-5-2)19(20)13(3)17-12-18-10-6-11-18;1-3-2;/h5-7,10,15-17,20H,2-4,8-9,11-12H2,1H3;3H2,1-2H3;1H4/b14-7+;;. The maximum Gasteiger partial charge on any atom is 0.113 e. The second-order valence-electron chi connectivity index (χ2n) is 5.04. The molecule has 24 heavy (non-hydrogen) atoms. The summed E-state index contributed by atoms with van der Waals surface area (Å²) in [6.45, 7) is 17.3. The van der Waals surface area contributed by atoms with Crippen LogP contribution in [0.3, 0.4) is 0 Å². The van der Waals surface area contributed by atoms with Crippen LogP contribution in [0.1, 0.15) is 41.0 Å². The molecule has 0 saturated heterocycles. The first-order valence-corrected chi connectivity index (χ1v) is 8.61. The van der Waals surface area contributed by atoms with E-state index in [1.165, 1.54) is 6.42 Å². The molecule has 0 saturated carbocycles. The van der Waals surface area contributed by atoms with Crippen LogP contribution in [0.25, 0.3) is 0 Å². The van der Waals surface area contributed by atoms with E-state index in [4.69, 9.17) is 0 Å². The SMILES string of the molecule is C.C=CNCCN/C(=C\CC)N(S)C(=C)NCN1C=CC1.CCC. The zero-order valence-corrected chi connectivity index (χ0v) is 15.7. The Balaban J connectivity index is 0. The van der Waals surface area contributed by atoms with Gasteiger partial charge in [-0.1, -0.05) is 60.6 Å². The van der Waals surface area contributed by atoms with Crippen molar-refractivity contribution in [3.05, 3.63) is 49.4 Å². The van der Waals surface area contributed by atoms with Crippen molar-refractivity contribution in [2.24, 2.45) is 0 Å². The average Bonchev–Trinajstić information content (AvgIpc) is 2.49. The largest absolute Gasteiger partial charge is 0.390 e. The Morgan fingerprint density at radius 3 is 2.38 bits per heavy atom. The number of rotatable bonds is 11. The number of allylic oxidation sites excluding steroid dienone is 1. The van der Waals surface area contributed by atoms with Crippen molar-refractivity contribution in [1.29, 1.82) is 0 Å². The van der Waals surface area contributed by atoms with Gasteiger partial charge in [0.25, 0.3) is 0 Å². The average molecular weight is 356 g/mol. The number of hydrogen-bond acceptors (Lipinski definition) is 6. The second-order valence-corrected chi connectivity index (χ2v) is 5.44. The molecule has 0 unspecified atom stereocenters. The molecular formula is C18H37N5S. The van der Waals surface area contributed by atoms with E-state index in [1.54, 1.807) is 10.5 Å². The lowest BCUT2D eigenvalue weighted by Crippen LogP contribution is -2.38. The summed E-state index contributed by atoms with van der Waals surface area (Å²) in [6.07, 6.45) is 10.1. The molecular weight excluding hydrogens is 318 g/mol. The van der Waals surface area contributed by atoms with Gasteiger partial charge in [-0.25, -0.2) is 0 Å². The van der Waals surface area contributed by atoms with Crippen molar-refractivity contribution in [2.75, 3.05) is 26.3 Å². The van der Waals surface area contributed by atoms with E-state index in [1.807, 2.05) is 6.20 Å². The highest BCUT2D eigenvalue weighted by molar-refractivity contribution is 7.78. The summed E-state index contributed by atoms with van der Waals surface area (Å²) in [5.41, 5.74) is 0. The Hall–Kier alpha value is -1.69. The van der Waals surface area contributed by atoms with Crippen molar-refractivity contribution in [2.45, 2.75) is 41.0 Å². The predicted octanol–water partition coefficient (Wildman–Crippen LogP) is 3.61. The van der Waals surface area contributed by atoms with E-state index in [9.17, 15) is 0 Å². The van der Waals surface area contributed by atoms with Gasteiger partial charge in [-0.05, 0) is 31.0 Å². The first-order chi connectivity index (χ1) is 11.1. The fourth-order valence-corrected chi connectivity index (χ4v) is 1.80. The van der Waals surface area contributed by atoms with Crippen molar-refractivity contribution in [3.8, 4) is 0 Å². The topological polar surface area (TPSA) is 42.6 Å². The van der Waals surface area contributed by atoms with E-state index in [0.717, 1.165) is 44.4 Å². The summed E-state index contributed by atoms with van der Waals surface area (Å²) in [6, 6.07) is 0. The lowest BCUT2D eigenvalue weighted by Gasteiger charge is -2.30. The molecule has 5 nitrogen and oxygen atoms in total. The van der Waals surface area contributed by atoms with Gasteiger partial charge in [0, 0.05) is 19.6 Å². The molecule has 1 heterocycles. The van der Waals surface area contributed by atoms with Crippen LogP contribution >= 0.6 is 12.8 Å². The number of hydrogen-bond donors (Lipinski definition) is 4. The van der Waals surface area contributed by atoms with Crippen LogP contribution in [0.2, 0.25) is 0 Å². The summed E-state index contributed by atoms with van der Waals surface area (Å²) in [4.78, 5) is 2.15. The summed E-state index contributed by atoms with van der Waals surface area (Å²) in [7, 11) is 0. The molecule has 1 aliphatic heterocycles. The van der Waals surface area contributed by atoms with E-state index >= 15 is 0 Å². The van der Waals surface area contributed by atoms with Gasteiger partial charge >= 0.3 is 0 Å². The van der Waals surface area contributed by atoms with Crippen LogP contribution in [0.4, 0.5) is 0 Å². The highest BCUT2D eigenvalue weighted by Gasteiger charge is 2.10. The Morgan fingerprint density at radius 1 is 1.29 bits per heavy atom. The molecule has 0 bridgehead atoms. The van der Waals surface area contributed by atoms with Crippen LogP contribution in [0.5, 0.6) is 0 Å². The first kappa shape index (κ1) is 24.6. The monoisotopic (exact) mass is 355 g/mol. The van der Waals surface area contributed by atoms with Crippen LogP contribution in [-0.4, -0.2) is 35.5 Å². The van der Waals surface area contributed by atoms with Crippen molar-refractivity contribution >= 4 is 12.8 Å². The Bertz CT molecular complexity index is 393. The van der Waals surface area contributed by atoms with E-state index < -0.39 is 0 Å². The van der Waals surface area contributed by atoms with E-state index in [0.29, 0.717) is 0 Å². The van der Waals surface area contributed by atoms with Crippen LogP contribution in [0.15, 0.2) is 49.4 Å². The minimum Gasteiger partial charge on any atom is -0.390 e. The van der Waals surface area contributed by atoms with Crippen LogP contribution in [0, 0.1) is 0 Å². The van der Waals surface area contributed by atoms with Crippen molar-refractivity contribution in [1.82, 2.24) is 25.2 Å². The molecule has 1 rings (SSSR count). The number of nitrogens with one attached hydrogen (secondary N) is 3. The molecule has 0 spiro atoms. The molecule has 0 aliphatic carbocycles. The lowest BCUT2D eigenvalue weighted by atomic mass is 10.4. The fraction of sp³-hybridized carbons (Fsp3) is 0.556. The Morgan fingerprint density at radius 2 is 1.92 bits per heavy atom. The zero-order chi connectivity index (χ0) is 17.5. The van der Waals surface area contributed by atoms with Gasteiger partial charge in [-0.15, -0.1) is 0 Å². The van der Waals surface area contributed by atoms with Gasteiger partial charge in [0.15, 0.2) is 0 Å². The molecule has 0 aromatic rings. The fourth-order valence-electron chi connectivity index (χ4n) is 1.58. The summed E-state index contributed by atoms with van der Waals surface area (Å²) < 4.78 is 1.74. The number of thiol groups is 1. The van der Waals surface area contributed by atoms with Crippen LogP contribution < -0.4 is 16.0 Å². The van der Waals surface area contributed by atoms with Crippen molar-refractivity contribution < 1.29 is 0 Å². The minimum atomic E-state index is 0. The molecule has 1 aliphatic rings. The summed E-state index contributed by atoms with van der Waals surface area (Å²) in [5, 5.41) is 9.61. The highest BCUT2D eigenvalue weighted by atomic mass is 32.1. The molecule has 140 valence electrons. The molecule has 0 aromatic heterocycles. The smallest absolute Gasteiger partial charge is 0.113 e. The quantitative estimate of drug-likeness (QED) is 0.337. The van der Waals surface area contributed by atoms with Gasteiger partial charge < -0.3 is 20.9 Å². The molecule has 0 aromatic carbocycles. The van der Waals surface area contributed by atoms with E-state index in [-0.39, 0.29) is 7.43 Å². The Labute approximate surface area is 155 Å². The highest BCUT2D eigenvalue weighted by Crippen LogP contribution is 2.11. The summed E-state index contributed by atoms with van der Waals surface area (Å²) >= 11 is 4.49. The van der Waals surface area contributed by atoms with Gasteiger partial charge in [0.1, 0.15) is 11.6 Å². The van der Waals surface area contributed by atoms with Crippen molar-refractivity contribution in [3.63, 3.8) is 0 Å². The molecule has 0 radical (unpaired) electrons. The summed E-state index contributed by atoms with van der Waals surface area (Å²) in [5.74, 6) is 1.68. The van der Waals surface area contributed by atoms with Gasteiger partial charge in [-0.2, -0.15) is 0 Å². The van der Waals surface area contributed by atoms with Gasteiger partial charge in [0.05, 0.1) is 6.67 Å². The minimum absolute atomic E-state index is 0. The maximum absolute atomic E-state index is 4.49. The first-order valence-electron chi connectivity index (χ1n) is 8.21. The van der Waals surface area contributed by atoms with Crippen LogP contribution in [-0.2, 0) is 0 Å². The normalized spacial score (nSPS) is 12.0. The Kier molecular flexibility index (Phi) is 16.6. The second kappa shape index (κ2) is 16.2. The molecule has 6 heteroatoms. The molecule has 3 N–H and O–H groups in total. The predicted molar refractivity (Wildman–Crippen MR) is 111 cm³/mol. The van der Waals surface area contributed by atoms with Gasteiger partial charge in [0.2, 0.25) is 0 Å². The third-order valence-electron chi connectivity index (χ3n) is 2.74. The molecule has 0 amide bonds. The zero-order valence-electron chi connectivity index (χ0n) is 14.8.